The number of aromatic nitrogens is 6. The third-order valence-electron chi connectivity index (χ3n) is 6.52. The molecule has 12 nitrogen and oxygen atoms in total. The Bertz CT molecular complexity index is 1750. The Hall–Kier alpha value is -5.13. The molecular formula is C26H22N8O4. The molecule has 3 heterocycles. The van der Waals surface area contributed by atoms with Crippen molar-refractivity contribution >= 4 is 22.8 Å². The van der Waals surface area contributed by atoms with Crippen LogP contribution in [0.3, 0.4) is 0 Å². The first-order valence-electron chi connectivity index (χ1n) is 12.0. The van der Waals surface area contributed by atoms with Crippen LogP contribution in [-0.2, 0) is 13.0 Å². The van der Waals surface area contributed by atoms with Crippen LogP contribution in [0.25, 0.3) is 16.7 Å². The van der Waals surface area contributed by atoms with E-state index in [4.69, 9.17) is 4.42 Å². The first-order chi connectivity index (χ1) is 18.4. The van der Waals surface area contributed by atoms with E-state index < -0.39 is 17.5 Å². The van der Waals surface area contributed by atoms with Gasteiger partial charge in [0.25, 0.3) is 11.8 Å². The average molecular weight is 511 g/mol. The van der Waals surface area contributed by atoms with E-state index in [9.17, 15) is 14.4 Å². The molecule has 12 heteroatoms. The van der Waals surface area contributed by atoms with Crippen LogP contribution >= 0.6 is 0 Å². The van der Waals surface area contributed by atoms with E-state index in [1.165, 1.54) is 17.1 Å². The number of aromatic amines is 1. The molecule has 190 valence electrons. The highest BCUT2D eigenvalue weighted by Crippen LogP contribution is 2.32. The molecule has 3 aromatic heterocycles. The highest BCUT2D eigenvalue weighted by atomic mass is 16.3. The van der Waals surface area contributed by atoms with Crippen LogP contribution in [0.2, 0.25) is 0 Å². The van der Waals surface area contributed by atoms with Crippen molar-refractivity contribution in [2.24, 2.45) is 0 Å². The van der Waals surface area contributed by atoms with E-state index in [1.807, 2.05) is 43.3 Å². The van der Waals surface area contributed by atoms with Crippen LogP contribution in [0.4, 0.5) is 0 Å². The first kappa shape index (κ1) is 23.3. The number of fused-ring (bicyclic) bond motifs is 2. The maximum atomic E-state index is 13.0. The maximum Gasteiger partial charge on any atom is 0.365 e. The fourth-order valence-electron chi connectivity index (χ4n) is 4.68. The number of tetrazole rings is 1. The van der Waals surface area contributed by atoms with Crippen molar-refractivity contribution < 1.29 is 14.0 Å². The summed E-state index contributed by atoms with van der Waals surface area (Å²) < 4.78 is 6.82. The van der Waals surface area contributed by atoms with Gasteiger partial charge in [0.05, 0.1) is 11.7 Å². The van der Waals surface area contributed by atoms with Gasteiger partial charge < -0.3 is 15.1 Å². The second kappa shape index (κ2) is 9.39. The van der Waals surface area contributed by atoms with Gasteiger partial charge in [-0.25, -0.2) is 19.9 Å². The average Bonchev–Trinajstić information content (AvgIpc) is 3.64. The monoisotopic (exact) mass is 510 g/mol. The minimum absolute atomic E-state index is 0.0922. The van der Waals surface area contributed by atoms with Crippen molar-refractivity contribution in [3.05, 3.63) is 99.2 Å². The normalized spacial score (nSPS) is 14.4. The Balaban J connectivity index is 1.12. The fourth-order valence-corrected chi connectivity index (χ4v) is 4.68. The molecule has 0 aliphatic heterocycles. The summed E-state index contributed by atoms with van der Waals surface area (Å²) >= 11 is 0. The van der Waals surface area contributed by atoms with Gasteiger partial charge in [-0.1, -0.05) is 18.2 Å². The lowest BCUT2D eigenvalue weighted by Crippen LogP contribution is -2.29. The van der Waals surface area contributed by atoms with Crippen molar-refractivity contribution in [3.8, 4) is 5.69 Å². The van der Waals surface area contributed by atoms with Gasteiger partial charge in [0.2, 0.25) is 0 Å². The van der Waals surface area contributed by atoms with Crippen molar-refractivity contribution in [1.82, 2.24) is 40.8 Å². The zero-order valence-corrected chi connectivity index (χ0v) is 20.3. The smallest absolute Gasteiger partial charge is 0.365 e. The Labute approximate surface area is 215 Å². The summed E-state index contributed by atoms with van der Waals surface area (Å²) in [6.45, 7) is 2.16. The zero-order chi connectivity index (χ0) is 26.2. The standard InChI is InChI=1S/C26H22N8O4/c1-14-8-17-3-2-15(9-23(17)38-14)12-27-24(35)21-11-22(29-13-28-21)25(36)30-20-7-4-16-10-18(5-6-19(16)20)34-26(37)31-32-33-34/h2-3,5-6,8-11,13,20H,4,7,12H2,1H3,(H,27,35)(H,30,36)(H,31,33,37)/t20-/m0/s1. The number of amides is 2. The number of nitrogens with zero attached hydrogens (tertiary/aromatic N) is 5. The van der Waals surface area contributed by atoms with E-state index in [1.54, 1.807) is 6.07 Å². The minimum atomic E-state index is -0.426. The number of hydrogen-bond donors (Lipinski definition) is 3. The van der Waals surface area contributed by atoms with Crippen LogP contribution in [0.15, 0.2) is 64.1 Å². The van der Waals surface area contributed by atoms with Crippen LogP contribution in [0.1, 0.15) is 55.9 Å². The molecule has 6 rings (SSSR count). The molecule has 0 fully saturated rings. The van der Waals surface area contributed by atoms with Gasteiger partial charge in [0, 0.05) is 18.0 Å². The Kier molecular flexibility index (Phi) is 5.75. The summed E-state index contributed by atoms with van der Waals surface area (Å²) in [4.78, 5) is 45.6. The molecule has 2 amide bonds. The molecule has 0 spiro atoms. The predicted molar refractivity (Wildman–Crippen MR) is 135 cm³/mol. The summed E-state index contributed by atoms with van der Waals surface area (Å²) in [6, 6.07) is 14.3. The third kappa shape index (κ3) is 4.43. The number of benzene rings is 2. The van der Waals surface area contributed by atoms with Gasteiger partial charge in [0.1, 0.15) is 29.1 Å². The summed E-state index contributed by atoms with van der Waals surface area (Å²) in [5.41, 5.74) is 3.95. The molecule has 0 unspecified atom stereocenters. The van der Waals surface area contributed by atoms with E-state index in [0.29, 0.717) is 12.1 Å². The number of H-pyrrole nitrogens is 1. The molecular weight excluding hydrogens is 488 g/mol. The summed E-state index contributed by atoms with van der Waals surface area (Å²) in [5.74, 6) is -0.00374. The van der Waals surface area contributed by atoms with Crippen LogP contribution < -0.4 is 16.3 Å². The number of aryl methyl sites for hydroxylation is 2. The molecule has 0 saturated heterocycles. The summed E-state index contributed by atoms with van der Waals surface area (Å²) in [6.07, 6.45) is 2.61. The number of furan rings is 1. The van der Waals surface area contributed by atoms with Crippen molar-refractivity contribution in [3.63, 3.8) is 0 Å². The molecule has 1 atom stereocenters. The molecule has 1 aliphatic rings. The first-order valence-corrected chi connectivity index (χ1v) is 12.0. The van der Waals surface area contributed by atoms with Gasteiger partial charge in [-0.05, 0) is 71.1 Å². The fraction of sp³-hybridized carbons (Fsp3) is 0.192. The summed E-state index contributed by atoms with van der Waals surface area (Å²) in [5, 5.41) is 16.3. The Morgan fingerprint density at radius 3 is 2.74 bits per heavy atom. The molecule has 3 N–H and O–H groups in total. The molecule has 0 saturated carbocycles. The molecule has 0 bridgehead atoms. The second-order valence-electron chi connectivity index (χ2n) is 9.07. The lowest BCUT2D eigenvalue weighted by molar-refractivity contribution is 0.0931. The molecule has 0 radical (unpaired) electrons. The van der Waals surface area contributed by atoms with Gasteiger partial charge >= 0.3 is 5.69 Å². The van der Waals surface area contributed by atoms with Crippen molar-refractivity contribution in [1.29, 1.82) is 0 Å². The quantitative estimate of drug-likeness (QED) is 0.313. The Morgan fingerprint density at radius 1 is 1.08 bits per heavy atom. The van der Waals surface area contributed by atoms with Crippen LogP contribution in [-0.4, -0.2) is 42.0 Å². The lowest BCUT2D eigenvalue weighted by atomic mass is 10.1. The number of nitrogens with one attached hydrogen (secondary N) is 3. The van der Waals surface area contributed by atoms with E-state index in [-0.39, 0.29) is 24.0 Å². The van der Waals surface area contributed by atoms with Crippen LogP contribution in [0.5, 0.6) is 0 Å². The zero-order valence-electron chi connectivity index (χ0n) is 20.3. The van der Waals surface area contributed by atoms with Crippen molar-refractivity contribution in [2.75, 3.05) is 0 Å². The molecule has 5 aromatic rings. The molecule has 2 aromatic carbocycles. The minimum Gasteiger partial charge on any atom is -0.461 e. The van der Waals surface area contributed by atoms with Gasteiger partial charge in [-0.15, -0.1) is 0 Å². The number of rotatable bonds is 6. The van der Waals surface area contributed by atoms with Gasteiger partial charge in [-0.3, -0.25) is 9.59 Å². The predicted octanol–water partition coefficient (Wildman–Crippen LogP) is 2.15. The number of carbonyl (C=O) groups excluding carboxylic acids is 2. The van der Waals surface area contributed by atoms with Gasteiger partial charge in [-0.2, -0.15) is 4.68 Å². The maximum absolute atomic E-state index is 13.0. The van der Waals surface area contributed by atoms with E-state index in [2.05, 4.69) is 36.1 Å². The SMILES string of the molecule is Cc1cc2ccc(CNC(=O)c3cc(C(=O)N[C@H]4CCc5cc(-n6nn[nH]c6=O)ccc54)ncn3)cc2o1. The van der Waals surface area contributed by atoms with E-state index in [0.717, 1.165) is 39.8 Å². The van der Waals surface area contributed by atoms with Gasteiger partial charge in [0.15, 0.2) is 0 Å². The third-order valence-corrected chi connectivity index (χ3v) is 6.52. The highest BCUT2D eigenvalue weighted by Gasteiger charge is 2.26. The van der Waals surface area contributed by atoms with Crippen LogP contribution in [0, 0.1) is 6.92 Å². The second-order valence-corrected chi connectivity index (χ2v) is 9.07. The van der Waals surface area contributed by atoms with E-state index >= 15 is 0 Å². The lowest BCUT2D eigenvalue weighted by Gasteiger charge is -2.14. The topological polar surface area (TPSA) is 161 Å². The van der Waals surface area contributed by atoms with Crippen molar-refractivity contribution in [2.45, 2.75) is 32.4 Å². The Morgan fingerprint density at radius 2 is 1.92 bits per heavy atom. The largest absolute Gasteiger partial charge is 0.461 e. The number of carbonyl (C=O) groups is 2. The molecule has 1 aliphatic carbocycles. The molecule has 38 heavy (non-hydrogen) atoms. The highest BCUT2D eigenvalue weighted by molar-refractivity contribution is 5.97. The number of hydrogen-bond acceptors (Lipinski definition) is 8. The summed E-state index contributed by atoms with van der Waals surface area (Å²) in [7, 11) is 0.